The number of aliphatic carboxylic acids is 2. The first kappa shape index (κ1) is 69.1. The second-order valence-electron chi connectivity index (χ2n) is 17.4. The molecule has 2 saturated heterocycles. The smallest absolute Gasteiger partial charge is 0.322 e. The predicted molar refractivity (Wildman–Crippen MR) is 266 cm³/mol. The number of carboxylic acids is 2. The van der Waals surface area contributed by atoms with Crippen LogP contribution in [0, 0.1) is 0 Å². The van der Waals surface area contributed by atoms with Crippen molar-refractivity contribution in [3.05, 3.63) is 0 Å². The largest absolute Gasteiger partial charge is 0.481 e. The van der Waals surface area contributed by atoms with E-state index in [1.54, 1.807) is 0 Å². The van der Waals surface area contributed by atoms with Gasteiger partial charge in [-0.1, -0.05) is 0 Å². The standard InChI is InChI=1S/C45H67N9O26S/c1-18(55)71-15-28-34(73-20(3)57)36(74-21(4)58)38(76-23(6)60)43(78-28)80-35-29(16-72-19(2)56)79-44(39(77-24(7)61)37(35)75-22(5)59)81-17-27(41(69)51-14-33(66)67)54-42(70)26(11-32(64)65)53-31(63)13-50-40(68)25(52-30(62)12-46)9-8-10-49-45(47)48/h25-29,34-39,43-44H,8-17,46H2,1-7H3,(H,50,68)(H,51,69)(H,52,62)(H,53,63)(H,54,70)(H,64,65)(H,66,67)(H4,47,48,49)/t25-,26-,27-,28+,29+,34-,35+,36-,37-,38+,39+,43-,44-/m0/s1. The quantitative estimate of drug-likeness (QED) is 0.0101. The Morgan fingerprint density at radius 3 is 1.53 bits per heavy atom. The zero-order valence-electron chi connectivity index (χ0n) is 44.9. The van der Waals surface area contributed by atoms with E-state index in [1.807, 2.05) is 5.32 Å². The fourth-order valence-electron chi connectivity index (χ4n) is 7.48. The van der Waals surface area contributed by atoms with E-state index in [-0.39, 0.29) is 25.3 Å². The molecular weight excluding hydrogens is 1110 g/mol. The fraction of sp³-hybridized carbons (Fsp3) is 0.667. The fourth-order valence-corrected chi connectivity index (χ4v) is 8.72. The molecule has 0 aliphatic carbocycles. The Morgan fingerprint density at radius 2 is 1.02 bits per heavy atom. The number of carbonyl (C=O) groups excluding carboxylic acids is 12. The summed E-state index contributed by atoms with van der Waals surface area (Å²) < 4.78 is 56.7. The number of carboxylic acid groups (broad SMARTS) is 2. The van der Waals surface area contributed by atoms with Crippen molar-refractivity contribution in [2.24, 2.45) is 22.2 Å². The van der Waals surface area contributed by atoms with Crippen molar-refractivity contribution >= 4 is 101 Å². The number of carbonyl (C=O) groups is 14. The van der Waals surface area contributed by atoms with Crippen LogP contribution in [0.4, 0.5) is 0 Å². The van der Waals surface area contributed by atoms with Crippen LogP contribution in [0.3, 0.4) is 0 Å². The molecule has 0 spiro atoms. The van der Waals surface area contributed by atoms with E-state index in [9.17, 15) is 77.3 Å². The van der Waals surface area contributed by atoms with Gasteiger partial charge in [0.1, 0.15) is 61.6 Å². The summed E-state index contributed by atoms with van der Waals surface area (Å²) in [6.07, 6.45) is -17.4. The molecule has 0 aromatic heterocycles. The van der Waals surface area contributed by atoms with Crippen molar-refractivity contribution in [3.63, 3.8) is 0 Å². The number of nitrogens with zero attached hydrogens (tertiary/aromatic N) is 1. The van der Waals surface area contributed by atoms with Gasteiger partial charge >= 0.3 is 53.7 Å². The van der Waals surface area contributed by atoms with E-state index in [2.05, 4.69) is 26.3 Å². The minimum absolute atomic E-state index is 0.0451. The summed E-state index contributed by atoms with van der Waals surface area (Å²) >= 11 is 0.503. The van der Waals surface area contributed by atoms with Gasteiger partial charge < -0.3 is 101 Å². The predicted octanol–water partition coefficient (Wildman–Crippen LogP) is -6.40. The van der Waals surface area contributed by atoms with Gasteiger partial charge in [0.2, 0.25) is 29.5 Å². The summed E-state index contributed by atoms with van der Waals surface area (Å²) in [6.45, 7) is 2.72. The molecule has 0 unspecified atom stereocenters. The van der Waals surface area contributed by atoms with Gasteiger partial charge in [-0.15, -0.1) is 11.8 Å². The van der Waals surface area contributed by atoms with E-state index in [0.29, 0.717) is 11.8 Å². The van der Waals surface area contributed by atoms with Gasteiger partial charge in [-0.3, -0.25) is 72.1 Å². The Bertz CT molecular complexity index is 2340. The average Bonchev–Trinajstić information content (AvgIpc) is 3.46. The molecule has 454 valence electrons. The number of amides is 5. The second kappa shape index (κ2) is 34.2. The van der Waals surface area contributed by atoms with E-state index in [4.69, 9.17) is 64.6 Å². The van der Waals surface area contributed by atoms with Gasteiger partial charge in [-0.2, -0.15) is 0 Å². The number of rotatable bonds is 31. The molecule has 2 aliphatic rings. The van der Waals surface area contributed by atoms with Gasteiger partial charge in [-0.25, -0.2) is 0 Å². The monoisotopic (exact) mass is 1180 g/mol. The Hall–Kier alpha value is -7.96. The van der Waals surface area contributed by atoms with Crippen LogP contribution in [0.5, 0.6) is 0 Å². The number of nitrogens with two attached hydrogens (primary N) is 3. The van der Waals surface area contributed by atoms with E-state index >= 15 is 0 Å². The third-order valence-electron chi connectivity index (χ3n) is 10.6. The second-order valence-corrected chi connectivity index (χ2v) is 18.5. The van der Waals surface area contributed by atoms with Crippen LogP contribution in [-0.2, 0) is 114 Å². The first-order valence-electron chi connectivity index (χ1n) is 24.3. The van der Waals surface area contributed by atoms with Crippen molar-refractivity contribution in [3.8, 4) is 0 Å². The van der Waals surface area contributed by atoms with Gasteiger partial charge in [-0.05, 0) is 12.8 Å². The highest BCUT2D eigenvalue weighted by atomic mass is 32.2. The Morgan fingerprint density at radius 1 is 0.543 bits per heavy atom. The van der Waals surface area contributed by atoms with Crippen molar-refractivity contribution in [1.29, 1.82) is 0 Å². The first-order valence-corrected chi connectivity index (χ1v) is 25.3. The van der Waals surface area contributed by atoms with Gasteiger partial charge in [0.05, 0.1) is 19.5 Å². The number of nitrogens with one attached hydrogen (secondary N) is 5. The number of esters is 7. The summed E-state index contributed by atoms with van der Waals surface area (Å²) in [6, 6.07) is -5.19. The number of hydrogen-bond acceptors (Lipinski definition) is 27. The van der Waals surface area contributed by atoms with Crippen LogP contribution >= 0.6 is 11.8 Å². The highest BCUT2D eigenvalue weighted by molar-refractivity contribution is 7.99. The molecule has 0 saturated carbocycles. The lowest BCUT2D eigenvalue weighted by Crippen LogP contribution is -2.67. The van der Waals surface area contributed by atoms with E-state index < -0.39 is 207 Å². The molecule has 36 heteroatoms. The number of guanidine groups is 1. The third kappa shape index (κ3) is 25.4. The number of ether oxygens (including phenoxy) is 10. The molecule has 0 aromatic carbocycles. The van der Waals surface area contributed by atoms with Crippen molar-refractivity contribution < 1.29 is 125 Å². The summed E-state index contributed by atoms with van der Waals surface area (Å²) in [5, 5.41) is 30.0. The van der Waals surface area contributed by atoms with E-state index in [1.165, 1.54) is 0 Å². The van der Waals surface area contributed by atoms with Crippen molar-refractivity contribution in [1.82, 2.24) is 26.6 Å². The lowest BCUT2D eigenvalue weighted by atomic mass is 9.96. The molecule has 2 heterocycles. The van der Waals surface area contributed by atoms with Crippen LogP contribution in [-0.4, -0.2) is 223 Å². The molecule has 5 amide bonds. The SMILES string of the molecule is CC(=O)OC[C@H]1O[C@@H](O[C@H]2[C@H](OC(C)=O)[C@@H](OC(C)=O)[C@H](SC[C@H](NC(=O)[C@H](CC(=O)O)NC(=O)CNC(=O)[C@H](CCCN=C(N)N)NC(=O)CN)C(=O)NCC(=O)O)O[C@@H]2COC(C)=O)[C@H](OC(C)=O)[C@@H](OC(C)=O)[C@H]1OC(C)=O. The van der Waals surface area contributed by atoms with Crippen LogP contribution in [0.25, 0.3) is 0 Å². The summed E-state index contributed by atoms with van der Waals surface area (Å²) in [5.41, 5.74) is 14.3. The first-order chi connectivity index (χ1) is 37.9. The van der Waals surface area contributed by atoms with Crippen molar-refractivity contribution in [2.45, 2.75) is 146 Å². The highest BCUT2D eigenvalue weighted by Crippen LogP contribution is 2.38. The zero-order chi connectivity index (χ0) is 61.3. The zero-order valence-corrected chi connectivity index (χ0v) is 45.7. The van der Waals surface area contributed by atoms with Crippen LogP contribution in [0.2, 0.25) is 0 Å². The molecule has 2 fully saturated rings. The van der Waals surface area contributed by atoms with Crippen LogP contribution in [0.1, 0.15) is 67.7 Å². The lowest BCUT2D eigenvalue weighted by molar-refractivity contribution is -0.341. The summed E-state index contributed by atoms with van der Waals surface area (Å²) in [5.74, 6) is -16.7. The molecule has 0 bridgehead atoms. The maximum atomic E-state index is 13.9. The van der Waals surface area contributed by atoms with Crippen LogP contribution < -0.4 is 43.8 Å². The summed E-state index contributed by atoms with van der Waals surface area (Å²) in [4.78, 5) is 181. The van der Waals surface area contributed by atoms with Crippen molar-refractivity contribution in [2.75, 3.05) is 45.1 Å². The third-order valence-corrected chi connectivity index (χ3v) is 11.8. The minimum atomic E-state index is -2.03. The topological polar surface area (TPSA) is 522 Å². The summed E-state index contributed by atoms with van der Waals surface area (Å²) in [7, 11) is 0. The molecule has 35 nitrogen and oxygen atoms in total. The van der Waals surface area contributed by atoms with Gasteiger partial charge in [0.15, 0.2) is 42.8 Å². The molecule has 13 N–H and O–H groups in total. The van der Waals surface area contributed by atoms with Gasteiger partial charge in [0.25, 0.3) is 0 Å². The Balaban J connectivity index is 2.66. The Kier molecular flexibility index (Phi) is 29.2. The normalized spacial score (nSPS) is 23.1. The molecular formula is C45H67N9O26S. The number of hydrogen-bond donors (Lipinski definition) is 10. The van der Waals surface area contributed by atoms with E-state index in [0.717, 1.165) is 48.5 Å². The Labute approximate surface area is 465 Å². The molecule has 2 rings (SSSR count). The maximum Gasteiger partial charge on any atom is 0.322 e. The van der Waals surface area contributed by atoms with Crippen LogP contribution in [0.15, 0.2) is 4.99 Å². The lowest BCUT2D eigenvalue weighted by Gasteiger charge is -2.48. The molecule has 13 atom stereocenters. The molecule has 0 aromatic rings. The highest BCUT2D eigenvalue weighted by Gasteiger charge is 2.57. The maximum absolute atomic E-state index is 13.9. The minimum Gasteiger partial charge on any atom is -0.481 e. The number of thioether (sulfide) groups is 1. The number of aliphatic imine (C=N–C) groups is 1. The molecule has 0 radical (unpaired) electrons. The average molecular weight is 1180 g/mol. The molecule has 81 heavy (non-hydrogen) atoms. The molecule has 2 aliphatic heterocycles. The van der Waals surface area contributed by atoms with Gasteiger partial charge in [0, 0.05) is 60.8 Å².